The zero-order valence-corrected chi connectivity index (χ0v) is 11.3. The molecule has 0 spiro atoms. The van der Waals surface area contributed by atoms with Crippen LogP contribution >= 0.6 is 0 Å². The molecule has 3 aromatic heterocycles. The van der Waals surface area contributed by atoms with E-state index in [1.807, 2.05) is 0 Å². The lowest BCUT2D eigenvalue weighted by atomic mass is 9.98. The van der Waals surface area contributed by atoms with Gasteiger partial charge in [0.15, 0.2) is 5.82 Å². The van der Waals surface area contributed by atoms with E-state index in [1.54, 1.807) is 12.1 Å². The minimum Gasteiger partial charge on any atom is -0.254 e. The Morgan fingerprint density at radius 3 is 2.73 bits per heavy atom. The highest BCUT2D eigenvalue weighted by molar-refractivity contribution is 5.64. The Bertz CT molecular complexity index is 888. The fourth-order valence-electron chi connectivity index (χ4n) is 2.66. The minimum atomic E-state index is -2.42. The van der Waals surface area contributed by atoms with Gasteiger partial charge in [-0.25, -0.2) is 22.7 Å². The minimum absolute atomic E-state index is 0.133. The van der Waals surface area contributed by atoms with Gasteiger partial charge in [0.1, 0.15) is 13.2 Å². The molecule has 0 bridgehead atoms. The van der Waals surface area contributed by atoms with Crippen molar-refractivity contribution >= 4 is 5.52 Å². The molecule has 0 aliphatic heterocycles. The van der Waals surface area contributed by atoms with Gasteiger partial charge >= 0.3 is 0 Å². The molecule has 3 heterocycles. The van der Waals surface area contributed by atoms with Crippen LogP contribution in [0.15, 0.2) is 36.9 Å². The van der Waals surface area contributed by atoms with Gasteiger partial charge in [-0.15, -0.1) is 0 Å². The molecule has 22 heavy (non-hydrogen) atoms. The van der Waals surface area contributed by atoms with Gasteiger partial charge in [0.25, 0.3) is 0 Å². The Balaban J connectivity index is 1.79. The van der Waals surface area contributed by atoms with Gasteiger partial charge in [-0.2, -0.15) is 5.10 Å². The van der Waals surface area contributed by atoms with Crippen LogP contribution in [0.25, 0.3) is 16.9 Å². The van der Waals surface area contributed by atoms with Crippen molar-refractivity contribution < 1.29 is 14.5 Å². The van der Waals surface area contributed by atoms with Crippen LogP contribution in [0, 0.1) is 5.82 Å². The molecule has 4 nitrogen and oxygen atoms in total. The van der Waals surface area contributed by atoms with E-state index in [-0.39, 0.29) is 11.8 Å². The molecule has 0 aromatic carbocycles. The van der Waals surface area contributed by atoms with E-state index in [0.717, 1.165) is 0 Å². The van der Waals surface area contributed by atoms with E-state index in [9.17, 15) is 13.2 Å². The van der Waals surface area contributed by atoms with Crippen LogP contribution in [0.3, 0.4) is 0 Å². The molecular weight excluding hydrogens is 293 g/mol. The van der Waals surface area contributed by atoms with Crippen LogP contribution in [0.2, 0.25) is 0 Å². The van der Waals surface area contributed by atoms with Gasteiger partial charge in [0, 0.05) is 12.3 Å². The molecule has 1 saturated carbocycles. The number of aromatic nitrogens is 4. The number of halogens is 3. The van der Waals surface area contributed by atoms with E-state index >= 15 is 0 Å². The first-order chi connectivity index (χ1) is 11.0. The maximum Gasteiger partial charge on any atom is 0.248 e. The maximum absolute atomic E-state index is 13.9. The van der Waals surface area contributed by atoms with Gasteiger partial charge in [-0.3, -0.25) is 4.98 Å². The smallest absolute Gasteiger partial charge is 0.248 e. The van der Waals surface area contributed by atoms with Crippen molar-refractivity contribution in [1.82, 2.24) is 19.6 Å². The number of hydrogen-bond acceptors (Lipinski definition) is 3. The highest BCUT2D eigenvalue weighted by Gasteiger charge is 2.52. The summed E-state index contributed by atoms with van der Waals surface area (Å²) in [6.07, 6.45) is 0.863. The lowest BCUT2D eigenvalue weighted by Gasteiger charge is -2.14. The second-order valence-corrected chi connectivity index (χ2v) is 5.42. The van der Waals surface area contributed by atoms with Crippen LogP contribution < -0.4 is 0 Å². The third-order valence-corrected chi connectivity index (χ3v) is 4.16. The SMILES string of the molecule is [2H]c1ncc2c(F)cc(-c3ccc(C4(C(F)F)CC4)cn3)n2n1. The summed E-state index contributed by atoms with van der Waals surface area (Å²) in [6.45, 7) is 0. The van der Waals surface area contributed by atoms with Gasteiger partial charge in [0.2, 0.25) is 6.43 Å². The summed E-state index contributed by atoms with van der Waals surface area (Å²) in [5.41, 5.74) is 0.299. The van der Waals surface area contributed by atoms with Gasteiger partial charge in [-0.1, -0.05) is 6.07 Å². The average Bonchev–Trinajstić information content (AvgIpc) is 3.29. The normalized spacial score (nSPS) is 17.0. The number of nitrogens with zero attached hydrogens (tertiary/aromatic N) is 4. The monoisotopic (exact) mass is 305 g/mol. The Labute approximate surface area is 125 Å². The zero-order valence-electron chi connectivity index (χ0n) is 12.3. The molecule has 112 valence electrons. The average molecular weight is 305 g/mol. The van der Waals surface area contributed by atoms with Crippen LogP contribution in [-0.4, -0.2) is 26.0 Å². The Morgan fingerprint density at radius 1 is 1.27 bits per heavy atom. The van der Waals surface area contributed by atoms with Gasteiger partial charge in [-0.05, 0) is 24.5 Å². The first-order valence-corrected chi connectivity index (χ1v) is 6.77. The predicted molar refractivity (Wildman–Crippen MR) is 73.1 cm³/mol. The van der Waals surface area contributed by atoms with E-state index in [0.29, 0.717) is 29.8 Å². The van der Waals surface area contributed by atoms with Crippen LogP contribution in [0.1, 0.15) is 19.8 Å². The van der Waals surface area contributed by atoms with Crippen LogP contribution in [-0.2, 0) is 5.41 Å². The summed E-state index contributed by atoms with van der Waals surface area (Å²) >= 11 is 0. The molecule has 0 radical (unpaired) electrons. The van der Waals surface area contributed by atoms with Gasteiger partial charge in [0.05, 0.1) is 23.0 Å². The van der Waals surface area contributed by atoms with Crippen LogP contribution in [0.4, 0.5) is 13.2 Å². The van der Waals surface area contributed by atoms with E-state index in [4.69, 9.17) is 1.37 Å². The number of rotatable bonds is 3. The summed E-state index contributed by atoms with van der Waals surface area (Å²) in [4.78, 5) is 7.83. The first kappa shape index (κ1) is 12.1. The highest BCUT2D eigenvalue weighted by Crippen LogP contribution is 2.52. The highest BCUT2D eigenvalue weighted by atomic mass is 19.3. The summed E-state index contributed by atoms with van der Waals surface area (Å²) in [7, 11) is 0. The van der Waals surface area contributed by atoms with Crippen molar-refractivity contribution in [3.05, 3.63) is 48.3 Å². The number of pyridine rings is 1. The Morgan fingerprint density at radius 2 is 2.09 bits per heavy atom. The standard InChI is InChI=1S/C15H11F3N4/c16-10-5-12(22-13(10)7-19-8-21-22)11-2-1-9(6-20-11)15(3-4-15)14(17)18/h1-2,5-8,14H,3-4H2/i8D. The molecule has 1 fully saturated rings. The molecule has 4 rings (SSSR count). The molecule has 3 aromatic rings. The van der Waals surface area contributed by atoms with Crippen LogP contribution in [0.5, 0.6) is 0 Å². The number of hydrogen-bond donors (Lipinski definition) is 0. The molecule has 7 heteroatoms. The second kappa shape index (κ2) is 4.53. The van der Waals surface area contributed by atoms with Crippen molar-refractivity contribution in [3.63, 3.8) is 0 Å². The number of fused-ring (bicyclic) bond motifs is 1. The largest absolute Gasteiger partial charge is 0.254 e. The van der Waals surface area contributed by atoms with Crippen molar-refractivity contribution in [2.75, 3.05) is 0 Å². The third-order valence-electron chi connectivity index (χ3n) is 4.16. The summed E-state index contributed by atoms with van der Waals surface area (Å²) in [6, 6.07) is 4.41. The van der Waals surface area contributed by atoms with Crippen molar-refractivity contribution in [2.24, 2.45) is 0 Å². The second-order valence-electron chi connectivity index (χ2n) is 5.42. The topological polar surface area (TPSA) is 43.1 Å². The maximum atomic E-state index is 13.9. The quantitative estimate of drug-likeness (QED) is 0.746. The Hall–Kier alpha value is -2.44. The molecule has 0 N–H and O–H groups in total. The summed E-state index contributed by atoms with van der Waals surface area (Å²) in [5, 5.41) is 3.86. The predicted octanol–water partition coefficient (Wildman–Crippen LogP) is 3.23. The zero-order chi connectivity index (χ0) is 16.2. The molecule has 1 aliphatic rings. The van der Waals surface area contributed by atoms with Gasteiger partial charge < -0.3 is 0 Å². The van der Waals surface area contributed by atoms with Crippen molar-refractivity contribution in [3.8, 4) is 11.4 Å². The molecule has 0 atom stereocenters. The van der Waals surface area contributed by atoms with Crippen molar-refractivity contribution in [1.29, 1.82) is 0 Å². The fraction of sp³-hybridized carbons (Fsp3) is 0.267. The van der Waals surface area contributed by atoms with E-state index in [2.05, 4.69) is 15.1 Å². The fourth-order valence-corrected chi connectivity index (χ4v) is 2.66. The lowest BCUT2D eigenvalue weighted by molar-refractivity contribution is 0.102. The molecule has 0 amide bonds. The summed E-state index contributed by atoms with van der Waals surface area (Å²) in [5.74, 6) is -0.530. The molecule has 1 aliphatic carbocycles. The van der Waals surface area contributed by atoms with E-state index < -0.39 is 17.7 Å². The lowest BCUT2D eigenvalue weighted by Crippen LogP contribution is -2.17. The van der Waals surface area contributed by atoms with Crippen molar-refractivity contribution in [2.45, 2.75) is 24.7 Å². The number of alkyl halides is 2. The Kier molecular flexibility index (Phi) is 2.50. The molecule has 0 unspecified atom stereocenters. The van der Waals surface area contributed by atoms with E-state index in [1.165, 1.54) is 23.0 Å². The third kappa shape index (κ3) is 1.81. The first-order valence-electron chi connectivity index (χ1n) is 7.27. The summed E-state index contributed by atoms with van der Waals surface area (Å²) < 4.78 is 48.9. The molecule has 0 saturated heterocycles. The molecular formula is C15H11F3N4.